The summed E-state index contributed by atoms with van der Waals surface area (Å²) in [5, 5.41) is 11.1. The first-order chi connectivity index (χ1) is 9.99. The summed E-state index contributed by atoms with van der Waals surface area (Å²) in [6.07, 6.45) is 3.53. The van der Waals surface area contributed by atoms with E-state index in [1.165, 1.54) is 4.88 Å². The minimum absolute atomic E-state index is 0.00335. The normalized spacial score (nSPS) is 23.5. The molecule has 1 saturated carbocycles. The van der Waals surface area contributed by atoms with E-state index in [4.69, 9.17) is 5.11 Å². The molecule has 0 aromatic carbocycles. The van der Waals surface area contributed by atoms with Crippen LogP contribution >= 0.6 is 11.3 Å². The number of rotatable bonds is 5. The van der Waals surface area contributed by atoms with Crippen LogP contribution in [0.1, 0.15) is 37.5 Å². The van der Waals surface area contributed by atoms with Crippen molar-refractivity contribution >= 4 is 23.2 Å². The van der Waals surface area contributed by atoms with Crippen molar-refractivity contribution in [3.63, 3.8) is 0 Å². The summed E-state index contributed by atoms with van der Waals surface area (Å²) < 4.78 is 0. The number of hydrogen-bond acceptors (Lipinski definition) is 3. The van der Waals surface area contributed by atoms with E-state index in [0.29, 0.717) is 25.7 Å². The van der Waals surface area contributed by atoms with Crippen molar-refractivity contribution in [2.45, 2.75) is 45.1 Å². The molecule has 2 rings (SSSR count). The van der Waals surface area contributed by atoms with E-state index in [2.05, 4.69) is 18.4 Å². The summed E-state index contributed by atoms with van der Waals surface area (Å²) in [7, 11) is 1.86. The number of likely N-dealkylation sites (N-methyl/N-ethyl adjacent to an activating group) is 1. The van der Waals surface area contributed by atoms with Crippen LogP contribution in [-0.2, 0) is 16.0 Å². The molecule has 1 heterocycles. The van der Waals surface area contributed by atoms with E-state index >= 15 is 0 Å². The van der Waals surface area contributed by atoms with Gasteiger partial charge in [0.05, 0.1) is 5.92 Å². The number of thiophene rings is 1. The average Bonchev–Trinajstić information content (AvgIpc) is 2.98. The number of carbonyl (C=O) groups is 2. The van der Waals surface area contributed by atoms with Crippen LogP contribution in [-0.4, -0.2) is 35.0 Å². The first-order valence-corrected chi connectivity index (χ1v) is 8.39. The summed E-state index contributed by atoms with van der Waals surface area (Å²) in [4.78, 5) is 26.6. The van der Waals surface area contributed by atoms with Crippen molar-refractivity contribution in [2.75, 3.05) is 7.05 Å². The van der Waals surface area contributed by atoms with Crippen LogP contribution in [0.15, 0.2) is 17.5 Å². The van der Waals surface area contributed by atoms with Crippen molar-refractivity contribution in [1.82, 2.24) is 4.90 Å². The summed E-state index contributed by atoms with van der Waals surface area (Å²) in [5.74, 6) is -0.817. The Morgan fingerprint density at radius 2 is 1.95 bits per heavy atom. The van der Waals surface area contributed by atoms with Crippen molar-refractivity contribution in [1.29, 1.82) is 0 Å². The highest BCUT2D eigenvalue weighted by Gasteiger charge is 2.32. The molecule has 1 aliphatic rings. The maximum atomic E-state index is 12.5. The van der Waals surface area contributed by atoms with Crippen molar-refractivity contribution < 1.29 is 14.7 Å². The number of carboxylic acid groups (broad SMARTS) is 1. The van der Waals surface area contributed by atoms with E-state index in [-0.39, 0.29) is 23.8 Å². The van der Waals surface area contributed by atoms with Gasteiger partial charge in [0.25, 0.3) is 0 Å². The highest BCUT2D eigenvalue weighted by atomic mass is 32.1. The molecule has 1 aromatic heterocycles. The van der Waals surface area contributed by atoms with E-state index in [0.717, 1.165) is 6.42 Å². The first-order valence-electron chi connectivity index (χ1n) is 7.51. The van der Waals surface area contributed by atoms with Gasteiger partial charge in [-0.25, -0.2) is 0 Å². The van der Waals surface area contributed by atoms with Gasteiger partial charge in [-0.3, -0.25) is 9.59 Å². The van der Waals surface area contributed by atoms with Crippen LogP contribution in [0.5, 0.6) is 0 Å². The van der Waals surface area contributed by atoms with E-state index in [1.807, 2.05) is 18.0 Å². The van der Waals surface area contributed by atoms with Crippen LogP contribution in [0.4, 0.5) is 0 Å². The van der Waals surface area contributed by atoms with Crippen LogP contribution in [0, 0.1) is 11.8 Å². The molecule has 1 N–H and O–H groups in total. The van der Waals surface area contributed by atoms with Gasteiger partial charge in [-0.05, 0) is 44.1 Å². The van der Waals surface area contributed by atoms with Gasteiger partial charge in [0.2, 0.25) is 5.91 Å². The first kappa shape index (κ1) is 16.0. The second-order valence-electron chi connectivity index (χ2n) is 5.97. The van der Waals surface area contributed by atoms with Gasteiger partial charge in [0.1, 0.15) is 0 Å². The molecule has 116 valence electrons. The predicted molar refractivity (Wildman–Crippen MR) is 83.3 cm³/mol. The SMILES string of the molecule is CC(Cc1cccs1)N(C)C(=O)C1CCC(C(=O)O)CC1. The number of amides is 1. The van der Waals surface area contributed by atoms with Gasteiger partial charge >= 0.3 is 5.97 Å². The van der Waals surface area contributed by atoms with Gasteiger partial charge in [-0.15, -0.1) is 11.3 Å². The van der Waals surface area contributed by atoms with Gasteiger partial charge in [0.15, 0.2) is 0 Å². The summed E-state index contributed by atoms with van der Waals surface area (Å²) in [5.41, 5.74) is 0. The molecule has 1 amide bonds. The standard InChI is InChI=1S/C16H23NO3S/c1-11(10-14-4-3-9-21-14)17(2)15(18)12-5-7-13(8-6-12)16(19)20/h3-4,9,11-13H,5-8,10H2,1-2H3,(H,19,20). The lowest BCUT2D eigenvalue weighted by Crippen LogP contribution is -2.41. The summed E-state index contributed by atoms with van der Waals surface area (Å²) in [6.45, 7) is 2.07. The van der Waals surface area contributed by atoms with Gasteiger partial charge in [-0.1, -0.05) is 6.07 Å². The van der Waals surface area contributed by atoms with Crippen molar-refractivity contribution in [2.24, 2.45) is 11.8 Å². The predicted octanol–water partition coefficient (Wildman–Crippen LogP) is 3.03. The molecule has 1 fully saturated rings. The fraction of sp³-hybridized carbons (Fsp3) is 0.625. The molecular formula is C16H23NO3S. The Balaban J connectivity index is 1.86. The molecule has 0 aliphatic heterocycles. The quantitative estimate of drug-likeness (QED) is 0.909. The molecule has 5 heteroatoms. The molecule has 1 atom stereocenters. The zero-order chi connectivity index (χ0) is 15.4. The second-order valence-corrected chi connectivity index (χ2v) is 7.00. The highest BCUT2D eigenvalue weighted by molar-refractivity contribution is 7.09. The topological polar surface area (TPSA) is 57.6 Å². The molecule has 0 spiro atoms. The van der Waals surface area contributed by atoms with E-state index in [1.54, 1.807) is 11.3 Å². The highest BCUT2D eigenvalue weighted by Crippen LogP contribution is 2.30. The number of carbonyl (C=O) groups excluding carboxylic acids is 1. The second kappa shape index (κ2) is 7.07. The third-order valence-corrected chi connectivity index (χ3v) is 5.41. The van der Waals surface area contributed by atoms with Crippen LogP contribution in [0.25, 0.3) is 0 Å². The third kappa shape index (κ3) is 4.06. The molecule has 1 aromatic rings. The Labute approximate surface area is 129 Å². The molecule has 0 bridgehead atoms. The van der Waals surface area contributed by atoms with Crippen LogP contribution in [0.2, 0.25) is 0 Å². The number of nitrogens with zero attached hydrogens (tertiary/aromatic N) is 1. The summed E-state index contributed by atoms with van der Waals surface area (Å²) in [6, 6.07) is 4.30. The lowest BCUT2D eigenvalue weighted by atomic mass is 9.81. The number of hydrogen-bond donors (Lipinski definition) is 1. The third-order valence-electron chi connectivity index (χ3n) is 4.51. The fourth-order valence-electron chi connectivity index (χ4n) is 2.95. The van der Waals surface area contributed by atoms with Gasteiger partial charge < -0.3 is 10.0 Å². The Morgan fingerprint density at radius 3 is 2.48 bits per heavy atom. The lowest BCUT2D eigenvalue weighted by molar-refractivity contribution is -0.145. The Bertz CT molecular complexity index is 478. The van der Waals surface area contributed by atoms with E-state index < -0.39 is 5.97 Å². The zero-order valence-corrected chi connectivity index (χ0v) is 13.4. The molecule has 0 saturated heterocycles. The van der Waals surface area contributed by atoms with E-state index in [9.17, 15) is 9.59 Å². The molecular weight excluding hydrogens is 286 g/mol. The Hall–Kier alpha value is -1.36. The number of carboxylic acids is 1. The Kier molecular flexibility index (Phi) is 5.39. The van der Waals surface area contributed by atoms with Crippen LogP contribution < -0.4 is 0 Å². The molecule has 1 aliphatic carbocycles. The molecule has 21 heavy (non-hydrogen) atoms. The molecule has 0 radical (unpaired) electrons. The minimum atomic E-state index is -0.722. The largest absolute Gasteiger partial charge is 0.481 e. The smallest absolute Gasteiger partial charge is 0.306 e. The van der Waals surface area contributed by atoms with Crippen LogP contribution in [0.3, 0.4) is 0 Å². The number of aliphatic carboxylic acids is 1. The Morgan fingerprint density at radius 1 is 1.33 bits per heavy atom. The minimum Gasteiger partial charge on any atom is -0.481 e. The fourth-order valence-corrected chi connectivity index (χ4v) is 3.78. The lowest BCUT2D eigenvalue weighted by Gasteiger charge is -2.32. The summed E-state index contributed by atoms with van der Waals surface area (Å²) >= 11 is 1.72. The monoisotopic (exact) mass is 309 g/mol. The maximum absolute atomic E-state index is 12.5. The van der Waals surface area contributed by atoms with Crippen molar-refractivity contribution in [3.05, 3.63) is 22.4 Å². The van der Waals surface area contributed by atoms with Crippen molar-refractivity contribution in [3.8, 4) is 0 Å². The average molecular weight is 309 g/mol. The molecule has 4 nitrogen and oxygen atoms in total. The zero-order valence-electron chi connectivity index (χ0n) is 12.6. The maximum Gasteiger partial charge on any atom is 0.306 e. The van der Waals surface area contributed by atoms with Gasteiger partial charge in [-0.2, -0.15) is 0 Å². The van der Waals surface area contributed by atoms with Gasteiger partial charge in [0, 0.05) is 30.3 Å². The molecule has 1 unspecified atom stereocenters.